The van der Waals surface area contributed by atoms with E-state index in [1.165, 1.54) is 0 Å². The Morgan fingerprint density at radius 3 is 2.36 bits per heavy atom. The molecule has 2 unspecified atom stereocenters. The Morgan fingerprint density at radius 2 is 2.00 bits per heavy atom. The fourth-order valence-corrected chi connectivity index (χ4v) is 1.87. The van der Waals surface area contributed by atoms with Gasteiger partial charge < -0.3 is 10.1 Å². The van der Waals surface area contributed by atoms with Gasteiger partial charge in [-0.2, -0.15) is 13.2 Å². The van der Waals surface area contributed by atoms with Crippen LogP contribution in [-0.2, 0) is 4.74 Å². The number of alkyl halides is 3. The first-order valence-electron chi connectivity index (χ1n) is 4.60. The van der Waals surface area contributed by atoms with Gasteiger partial charge in [0.15, 0.2) is 0 Å². The molecule has 1 N–H and O–H groups in total. The standard InChI is InChI=1S/C9H16F3NO/c1-8(2)6(4-7(8)14-3)13-5-9(10,11)12/h6-7,13H,4-5H2,1-3H3. The molecule has 14 heavy (non-hydrogen) atoms. The van der Waals surface area contributed by atoms with Crippen molar-refractivity contribution in [3.05, 3.63) is 0 Å². The zero-order valence-corrected chi connectivity index (χ0v) is 8.61. The van der Waals surface area contributed by atoms with E-state index in [0.717, 1.165) is 0 Å². The smallest absolute Gasteiger partial charge is 0.381 e. The molecule has 1 aliphatic carbocycles. The number of hydrogen-bond acceptors (Lipinski definition) is 2. The fraction of sp³-hybridized carbons (Fsp3) is 1.00. The molecule has 0 aromatic rings. The molecule has 1 rings (SSSR count). The van der Waals surface area contributed by atoms with Crippen molar-refractivity contribution in [1.82, 2.24) is 5.32 Å². The summed E-state index contributed by atoms with van der Waals surface area (Å²) in [5.74, 6) is 0. The predicted molar refractivity (Wildman–Crippen MR) is 47.0 cm³/mol. The maximum Gasteiger partial charge on any atom is 0.401 e. The van der Waals surface area contributed by atoms with Crippen LogP contribution in [-0.4, -0.2) is 32.0 Å². The molecule has 0 aromatic heterocycles. The molecule has 84 valence electrons. The topological polar surface area (TPSA) is 21.3 Å². The highest BCUT2D eigenvalue weighted by atomic mass is 19.4. The summed E-state index contributed by atoms with van der Waals surface area (Å²) in [5, 5.41) is 2.51. The van der Waals surface area contributed by atoms with Crippen molar-refractivity contribution in [3.8, 4) is 0 Å². The van der Waals surface area contributed by atoms with E-state index in [4.69, 9.17) is 4.74 Å². The fourth-order valence-electron chi connectivity index (χ4n) is 1.87. The van der Waals surface area contributed by atoms with Gasteiger partial charge in [0, 0.05) is 18.6 Å². The summed E-state index contributed by atoms with van der Waals surface area (Å²) in [6.07, 6.45) is -3.42. The Hall–Kier alpha value is -0.290. The molecule has 0 spiro atoms. The van der Waals surface area contributed by atoms with Gasteiger partial charge in [0.05, 0.1) is 12.6 Å². The maximum absolute atomic E-state index is 11.9. The van der Waals surface area contributed by atoms with E-state index in [-0.39, 0.29) is 17.6 Å². The second-order valence-electron chi connectivity index (χ2n) is 4.33. The van der Waals surface area contributed by atoms with Gasteiger partial charge in [0.2, 0.25) is 0 Å². The first kappa shape index (κ1) is 11.8. The van der Waals surface area contributed by atoms with Gasteiger partial charge in [-0.25, -0.2) is 0 Å². The minimum atomic E-state index is -4.13. The van der Waals surface area contributed by atoms with Crippen molar-refractivity contribution in [1.29, 1.82) is 0 Å². The third kappa shape index (κ3) is 2.39. The van der Waals surface area contributed by atoms with Gasteiger partial charge in [-0.3, -0.25) is 0 Å². The monoisotopic (exact) mass is 211 g/mol. The van der Waals surface area contributed by atoms with Gasteiger partial charge in [-0.15, -0.1) is 0 Å². The summed E-state index contributed by atoms with van der Waals surface area (Å²) in [4.78, 5) is 0. The number of hydrogen-bond donors (Lipinski definition) is 1. The molecule has 2 nitrogen and oxygen atoms in total. The number of rotatable bonds is 3. The highest BCUT2D eigenvalue weighted by Gasteiger charge is 2.49. The van der Waals surface area contributed by atoms with E-state index in [9.17, 15) is 13.2 Å². The van der Waals surface area contributed by atoms with Crippen LogP contribution < -0.4 is 5.32 Å². The van der Waals surface area contributed by atoms with E-state index in [1.54, 1.807) is 7.11 Å². The molecule has 0 radical (unpaired) electrons. The molecule has 1 fully saturated rings. The van der Waals surface area contributed by atoms with Crippen LogP contribution in [0.4, 0.5) is 13.2 Å². The largest absolute Gasteiger partial charge is 0.401 e. The van der Waals surface area contributed by atoms with Crippen LogP contribution in [0.2, 0.25) is 0 Å². The number of methoxy groups -OCH3 is 1. The summed E-state index contributed by atoms with van der Waals surface area (Å²) in [5.41, 5.74) is -0.208. The minimum absolute atomic E-state index is 0.0632. The van der Waals surface area contributed by atoms with Crippen LogP contribution in [0.5, 0.6) is 0 Å². The van der Waals surface area contributed by atoms with Gasteiger partial charge in [-0.1, -0.05) is 13.8 Å². The molecule has 0 bridgehead atoms. The molecular weight excluding hydrogens is 195 g/mol. The lowest BCUT2D eigenvalue weighted by Gasteiger charge is -2.51. The molecule has 5 heteroatoms. The Kier molecular flexibility index (Phi) is 3.11. The van der Waals surface area contributed by atoms with Crippen molar-refractivity contribution in [2.45, 2.75) is 38.6 Å². The Labute approximate surface area is 81.8 Å². The SMILES string of the molecule is COC1CC(NCC(F)(F)F)C1(C)C. The van der Waals surface area contributed by atoms with Crippen molar-refractivity contribution in [2.75, 3.05) is 13.7 Å². The van der Waals surface area contributed by atoms with E-state index >= 15 is 0 Å². The third-order valence-electron chi connectivity index (χ3n) is 3.01. The lowest BCUT2D eigenvalue weighted by Crippen LogP contribution is -2.61. The summed E-state index contributed by atoms with van der Waals surface area (Å²) >= 11 is 0. The number of nitrogens with one attached hydrogen (secondary N) is 1. The van der Waals surface area contributed by atoms with Gasteiger partial charge in [0.25, 0.3) is 0 Å². The van der Waals surface area contributed by atoms with E-state index < -0.39 is 12.7 Å². The van der Waals surface area contributed by atoms with Crippen molar-refractivity contribution in [3.63, 3.8) is 0 Å². The average molecular weight is 211 g/mol. The number of halogens is 3. The second-order valence-corrected chi connectivity index (χ2v) is 4.33. The summed E-state index contributed by atoms with van der Waals surface area (Å²) < 4.78 is 40.9. The molecule has 0 aliphatic heterocycles. The van der Waals surface area contributed by atoms with Crippen LogP contribution in [0.15, 0.2) is 0 Å². The summed E-state index contributed by atoms with van der Waals surface area (Å²) in [6, 6.07) is -0.103. The normalized spacial score (nSPS) is 31.3. The van der Waals surface area contributed by atoms with Crippen LogP contribution in [0.25, 0.3) is 0 Å². The first-order chi connectivity index (χ1) is 6.27. The van der Waals surface area contributed by atoms with Gasteiger partial charge in [0.1, 0.15) is 0 Å². The second kappa shape index (κ2) is 3.70. The molecule has 0 heterocycles. The number of ether oxygens (including phenoxy) is 1. The molecule has 1 aliphatic rings. The van der Waals surface area contributed by atoms with Crippen molar-refractivity contribution >= 4 is 0 Å². The van der Waals surface area contributed by atoms with Crippen LogP contribution in [0.3, 0.4) is 0 Å². The van der Waals surface area contributed by atoms with Crippen LogP contribution in [0.1, 0.15) is 20.3 Å². The van der Waals surface area contributed by atoms with E-state index in [1.807, 2.05) is 13.8 Å². The average Bonchev–Trinajstić information content (AvgIpc) is 2.00. The molecule has 1 saturated carbocycles. The summed E-state index contributed by atoms with van der Waals surface area (Å²) in [7, 11) is 1.59. The van der Waals surface area contributed by atoms with Gasteiger partial charge >= 0.3 is 6.18 Å². The lowest BCUT2D eigenvalue weighted by atomic mass is 9.64. The molecule has 2 atom stereocenters. The predicted octanol–water partition coefficient (Wildman–Crippen LogP) is 1.95. The minimum Gasteiger partial charge on any atom is -0.381 e. The zero-order valence-electron chi connectivity index (χ0n) is 8.61. The highest BCUT2D eigenvalue weighted by molar-refractivity contribution is 5.02. The van der Waals surface area contributed by atoms with E-state index in [2.05, 4.69) is 5.32 Å². The Balaban J connectivity index is 2.36. The molecule has 0 aromatic carbocycles. The summed E-state index contributed by atoms with van der Waals surface area (Å²) in [6.45, 7) is 2.91. The van der Waals surface area contributed by atoms with Gasteiger partial charge in [-0.05, 0) is 6.42 Å². The maximum atomic E-state index is 11.9. The molecule has 0 saturated heterocycles. The highest BCUT2D eigenvalue weighted by Crippen LogP contribution is 2.42. The van der Waals surface area contributed by atoms with Crippen molar-refractivity contribution < 1.29 is 17.9 Å². The third-order valence-corrected chi connectivity index (χ3v) is 3.01. The quantitative estimate of drug-likeness (QED) is 0.770. The Morgan fingerprint density at radius 1 is 1.43 bits per heavy atom. The molecular formula is C9H16F3NO. The molecule has 0 amide bonds. The Bertz CT molecular complexity index is 203. The van der Waals surface area contributed by atoms with Crippen LogP contribution >= 0.6 is 0 Å². The van der Waals surface area contributed by atoms with Crippen LogP contribution in [0, 0.1) is 5.41 Å². The van der Waals surface area contributed by atoms with E-state index in [0.29, 0.717) is 6.42 Å². The zero-order chi connectivity index (χ0) is 11.0. The lowest BCUT2D eigenvalue weighted by molar-refractivity contribution is -0.144. The van der Waals surface area contributed by atoms with Crippen molar-refractivity contribution in [2.24, 2.45) is 5.41 Å². The first-order valence-corrected chi connectivity index (χ1v) is 4.60.